The molecule has 2 N–H and O–H groups in total. The molecule has 0 aromatic heterocycles. The zero-order valence-electron chi connectivity index (χ0n) is 14.6. The number of guanidine groups is 1. The Labute approximate surface area is 153 Å². The Bertz CT molecular complexity index is 330. The van der Waals surface area contributed by atoms with Gasteiger partial charge < -0.3 is 15.5 Å². The van der Waals surface area contributed by atoms with Gasteiger partial charge in [-0.15, -0.1) is 24.0 Å². The summed E-state index contributed by atoms with van der Waals surface area (Å²) in [4.78, 5) is 9.45. The molecule has 0 saturated carbocycles. The highest BCUT2D eigenvalue weighted by Crippen LogP contribution is 2.20. The number of halogens is 1. The first-order chi connectivity index (χ1) is 10.0. The first kappa shape index (κ1) is 20.0. The summed E-state index contributed by atoms with van der Waals surface area (Å²) in [5.41, 5.74) is 6.12. The molecule has 2 aliphatic rings. The van der Waals surface area contributed by atoms with Crippen LogP contribution in [-0.4, -0.2) is 55.0 Å². The molecule has 130 valence electrons. The van der Waals surface area contributed by atoms with Gasteiger partial charge in [-0.1, -0.05) is 20.8 Å². The van der Waals surface area contributed by atoms with Gasteiger partial charge in [0.1, 0.15) is 0 Å². The van der Waals surface area contributed by atoms with Gasteiger partial charge in [0, 0.05) is 32.7 Å². The molecular weight excluding hydrogens is 387 g/mol. The van der Waals surface area contributed by atoms with Gasteiger partial charge in [-0.05, 0) is 50.0 Å². The minimum Gasteiger partial charge on any atom is -0.370 e. The molecule has 2 unspecified atom stereocenters. The fourth-order valence-electron chi connectivity index (χ4n) is 3.80. The number of nitrogens with zero attached hydrogens (tertiary/aromatic N) is 3. The summed E-state index contributed by atoms with van der Waals surface area (Å²) in [5, 5.41) is 0. The van der Waals surface area contributed by atoms with Gasteiger partial charge in [0.2, 0.25) is 0 Å². The van der Waals surface area contributed by atoms with Crippen molar-refractivity contribution < 1.29 is 0 Å². The number of aliphatic imine (C=N–C) groups is 1. The van der Waals surface area contributed by atoms with Crippen LogP contribution in [0.2, 0.25) is 0 Å². The molecule has 2 atom stereocenters. The van der Waals surface area contributed by atoms with Crippen molar-refractivity contribution in [1.29, 1.82) is 0 Å². The third-order valence-electron chi connectivity index (χ3n) is 4.96. The second-order valence-electron chi connectivity index (χ2n) is 7.47. The van der Waals surface area contributed by atoms with Gasteiger partial charge >= 0.3 is 0 Å². The lowest BCUT2D eigenvalue weighted by molar-refractivity contribution is 0.140. The number of likely N-dealkylation sites (tertiary alicyclic amines) is 2. The van der Waals surface area contributed by atoms with Gasteiger partial charge in [0.15, 0.2) is 5.96 Å². The van der Waals surface area contributed by atoms with E-state index in [2.05, 4.69) is 35.6 Å². The number of nitrogens with two attached hydrogens (primary N) is 1. The predicted molar refractivity (Wildman–Crippen MR) is 106 cm³/mol. The summed E-state index contributed by atoms with van der Waals surface area (Å²) >= 11 is 0. The van der Waals surface area contributed by atoms with Crippen molar-refractivity contribution in [2.75, 3.05) is 39.3 Å². The van der Waals surface area contributed by atoms with Crippen LogP contribution in [0.1, 0.15) is 46.5 Å². The van der Waals surface area contributed by atoms with Crippen molar-refractivity contribution in [3.63, 3.8) is 0 Å². The summed E-state index contributed by atoms with van der Waals surface area (Å²) in [5.74, 6) is 3.30. The van der Waals surface area contributed by atoms with E-state index in [1.807, 2.05) is 0 Å². The lowest BCUT2D eigenvalue weighted by Gasteiger charge is -2.34. The van der Waals surface area contributed by atoms with Gasteiger partial charge in [0.05, 0.1) is 0 Å². The van der Waals surface area contributed by atoms with E-state index in [1.165, 1.54) is 38.9 Å². The fraction of sp³-hybridized carbons (Fsp3) is 0.941. The first-order valence-electron chi connectivity index (χ1n) is 8.81. The SMILES string of the molecule is CC1CCN(C(N)=NCCCN2CC(C)CC(C)C2)CC1.I. The first-order valence-corrected chi connectivity index (χ1v) is 8.81. The Hall–Kier alpha value is -0.0400. The van der Waals surface area contributed by atoms with Gasteiger partial charge in [-0.25, -0.2) is 0 Å². The highest BCUT2D eigenvalue weighted by molar-refractivity contribution is 14.0. The van der Waals surface area contributed by atoms with E-state index in [0.29, 0.717) is 0 Å². The van der Waals surface area contributed by atoms with E-state index in [9.17, 15) is 0 Å². The van der Waals surface area contributed by atoms with Crippen LogP contribution in [-0.2, 0) is 0 Å². The van der Waals surface area contributed by atoms with Crippen LogP contribution in [0, 0.1) is 17.8 Å². The Morgan fingerprint density at radius 3 is 2.23 bits per heavy atom. The maximum absolute atomic E-state index is 6.12. The van der Waals surface area contributed by atoms with Crippen molar-refractivity contribution in [2.24, 2.45) is 28.5 Å². The molecule has 2 rings (SSSR count). The molecule has 0 amide bonds. The van der Waals surface area contributed by atoms with Gasteiger partial charge in [-0.2, -0.15) is 0 Å². The average molecular weight is 422 g/mol. The molecule has 2 aliphatic heterocycles. The molecule has 2 fully saturated rings. The van der Waals surface area contributed by atoms with Gasteiger partial charge in [0.25, 0.3) is 0 Å². The van der Waals surface area contributed by atoms with Crippen LogP contribution in [0.3, 0.4) is 0 Å². The van der Waals surface area contributed by atoms with E-state index in [1.54, 1.807) is 0 Å². The number of rotatable bonds is 4. The Morgan fingerprint density at radius 1 is 1.05 bits per heavy atom. The third kappa shape index (κ3) is 6.60. The summed E-state index contributed by atoms with van der Waals surface area (Å²) in [7, 11) is 0. The maximum atomic E-state index is 6.12. The van der Waals surface area contributed by atoms with E-state index < -0.39 is 0 Å². The van der Waals surface area contributed by atoms with Crippen molar-refractivity contribution in [3.8, 4) is 0 Å². The summed E-state index contributed by atoms with van der Waals surface area (Å²) in [6.07, 6.45) is 5.01. The minimum atomic E-state index is 0. The van der Waals surface area contributed by atoms with E-state index in [-0.39, 0.29) is 24.0 Å². The van der Waals surface area contributed by atoms with Crippen LogP contribution in [0.25, 0.3) is 0 Å². The summed E-state index contributed by atoms with van der Waals surface area (Å²) < 4.78 is 0. The normalized spacial score (nSPS) is 28.5. The number of hydrogen-bond donors (Lipinski definition) is 1. The fourth-order valence-corrected chi connectivity index (χ4v) is 3.80. The lowest BCUT2D eigenvalue weighted by Crippen LogP contribution is -2.42. The van der Waals surface area contributed by atoms with Crippen LogP contribution >= 0.6 is 24.0 Å². The number of hydrogen-bond acceptors (Lipinski definition) is 2. The zero-order chi connectivity index (χ0) is 15.2. The monoisotopic (exact) mass is 422 g/mol. The Balaban J connectivity index is 0.00000242. The minimum absolute atomic E-state index is 0. The predicted octanol–water partition coefficient (Wildman–Crippen LogP) is 3.02. The molecule has 0 aliphatic carbocycles. The van der Waals surface area contributed by atoms with Crippen molar-refractivity contribution >= 4 is 29.9 Å². The topological polar surface area (TPSA) is 44.9 Å². The molecule has 0 aromatic carbocycles. The Kier molecular flexibility index (Phi) is 9.05. The Morgan fingerprint density at radius 2 is 1.64 bits per heavy atom. The number of piperidine rings is 2. The molecule has 4 nitrogen and oxygen atoms in total. The summed E-state index contributed by atoms with van der Waals surface area (Å²) in [6, 6.07) is 0. The van der Waals surface area contributed by atoms with Crippen LogP contribution < -0.4 is 5.73 Å². The third-order valence-corrected chi connectivity index (χ3v) is 4.96. The van der Waals surface area contributed by atoms with Crippen LogP contribution in [0.4, 0.5) is 0 Å². The molecule has 0 radical (unpaired) electrons. The molecule has 22 heavy (non-hydrogen) atoms. The average Bonchev–Trinajstić information content (AvgIpc) is 2.43. The smallest absolute Gasteiger partial charge is 0.191 e. The quantitative estimate of drug-likeness (QED) is 0.328. The van der Waals surface area contributed by atoms with Crippen LogP contribution in [0.15, 0.2) is 4.99 Å². The molecule has 0 aromatic rings. The highest BCUT2D eigenvalue weighted by Gasteiger charge is 2.21. The lowest BCUT2D eigenvalue weighted by atomic mass is 9.92. The molecule has 2 saturated heterocycles. The second kappa shape index (κ2) is 9.96. The largest absolute Gasteiger partial charge is 0.370 e. The highest BCUT2D eigenvalue weighted by atomic mass is 127. The summed E-state index contributed by atoms with van der Waals surface area (Å²) in [6.45, 7) is 13.8. The van der Waals surface area contributed by atoms with E-state index >= 15 is 0 Å². The molecule has 0 bridgehead atoms. The molecule has 5 heteroatoms. The zero-order valence-corrected chi connectivity index (χ0v) is 17.0. The van der Waals surface area contributed by atoms with Crippen molar-refractivity contribution in [2.45, 2.75) is 46.5 Å². The van der Waals surface area contributed by atoms with Crippen molar-refractivity contribution in [1.82, 2.24) is 9.80 Å². The molecule has 0 spiro atoms. The second-order valence-corrected chi connectivity index (χ2v) is 7.47. The molecule has 2 heterocycles. The molecular formula is C17H35IN4. The van der Waals surface area contributed by atoms with Crippen LogP contribution in [0.5, 0.6) is 0 Å². The van der Waals surface area contributed by atoms with E-state index in [0.717, 1.165) is 49.8 Å². The van der Waals surface area contributed by atoms with Gasteiger partial charge in [-0.3, -0.25) is 4.99 Å². The van der Waals surface area contributed by atoms with E-state index in [4.69, 9.17) is 5.73 Å². The standard InChI is InChI=1S/C17H34N4.HI/c1-14-5-9-21(10-6-14)17(18)19-7-4-8-20-12-15(2)11-16(3)13-20;/h14-16H,4-13H2,1-3H3,(H2,18,19);1H. The maximum Gasteiger partial charge on any atom is 0.191 e. The van der Waals surface area contributed by atoms with Crippen molar-refractivity contribution in [3.05, 3.63) is 0 Å².